The summed E-state index contributed by atoms with van der Waals surface area (Å²) in [6.45, 7) is 49.3. The van der Waals surface area contributed by atoms with Gasteiger partial charge in [0.2, 0.25) is 0 Å². The highest BCUT2D eigenvalue weighted by Crippen LogP contribution is 2.21. The number of nitrogens with zero attached hydrogens (tertiary/aromatic N) is 12. The van der Waals surface area contributed by atoms with Gasteiger partial charge in [0.15, 0.2) is 0 Å². The fourth-order valence-corrected chi connectivity index (χ4v) is 3.06. The van der Waals surface area contributed by atoms with Crippen molar-refractivity contribution in [1.29, 1.82) is 0 Å². The molecule has 12 nitrogen and oxygen atoms in total. The smallest absolute Gasteiger partial charge is 0.0887 e. The minimum atomic E-state index is 0. The molecular weight excluding hydrogens is 817 g/mol. The van der Waals surface area contributed by atoms with E-state index in [1.54, 1.807) is 19.2 Å². The van der Waals surface area contributed by atoms with E-state index in [0.29, 0.717) is 11.8 Å². The summed E-state index contributed by atoms with van der Waals surface area (Å²) in [7, 11) is 7.33. The van der Waals surface area contributed by atoms with Crippen LogP contribution in [0.3, 0.4) is 0 Å². The van der Waals surface area contributed by atoms with Gasteiger partial charge in [-0.3, -0.25) is 0 Å². The Morgan fingerprint density at radius 1 is 0.242 bits per heavy atom. The highest BCUT2D eigenvalue weighted by molar-refractivity contribution is 5.16. The molecule has 0 aromatic carbocycles. The fourth-order valence-electron chi connectivity index (χ4n) is 3.06. The standard InChI is InChI=1S/C9H17N3.3C5H9N3.2C4H10.4C2H6.14CH4/c1-6(2)8-9(7(3)4)11-12(5)10-8;3*1-4-5(2)7-8(3)6-4;2*1-4(2)3;4*1-2;;;;;;;;;;;;;;/h6-7H,1-5H3;3*1-3H3;2*4H,1-3H3;4*1-2H3;14*1H4. The summed E-state index contributed by atoms with van der Waals surface area (Å²) in [5.41, 5.74) is 8.31. The van der Waals surface area contributed by atoms with E-state index in [-0.39, 0.29) is 104 Å². The van der Waals surface area contributed by atoms with Crippen LogP contribution in [0, 0.1) is 53.4 Å². The summed E-state index contributed by atoms with van der Waals surface area (Å²) in [6, 6.07) is 0. The Hall–Kier alpha value is -3.44. The fraction of sp³-hybridized carbons (Fsp3) is 0.852. The van der Waals surface area contributed by atoms with Gasteiger partial charge < -0.3 is 0 Å². The molecule has 4 rings (SSSR count). The molecule has 0 bridgehead atoms. The van der Waals surface area contributed by atoms with E-state index in [9.17, 15) is 0 Å². The van der Waals surface area contributed by atoms with Crippen LogP contribution in [0.15, 0.2) is 0 Å². The molecule has 0 atom stereocenters. The van der Waals surface area contributed by atoms with E-state index in [2.05, 4.69) is 110 Å². The quantitative estimate of drug-likeness (QED) is 0.195. The van der Waals surface area contributed by atoms with Crippen LogP contribution in [-0.4, -0.2) is 60.0 Å². The van der Waals surface area contributed by atoms with Gasteiger partial charge in [-0.1, -0.05) is 229 Å². The Labute approximate surface area is 426 Å². The van der Waals surface area contributed by atoms with Crippen molar-refractivity contribution in [3.05, 3.63) is 45.6 Å². The van der Waals surface area contributed by atoms with Crippen LogP contribution in [0.25, 0.3) is 0 Å². The molecule has 66 heavy (non-hydrogen) atoms. The average molecular weight is 962 g/mol. The highest BCUT2D eigenvalue weighted by atomic mass is 15.5. The molecule has 0 saturated heterocycles. The number of aryl methyl sites for hydroxylation is 10. The maximum absolute atomic E-state index is 4.34. The molecule has 4 heterocycles. The van der Waals surface area contributed by atoms with Gasteiger partial charge in [-0.05, 0) is 65.2 Å². The van der Waals surface area contributed by atoms with Gasteiger partial charge in [0, 0.05) is 28.2 Å². The Balaban J connectivity index is -0.0000000203. The molecular formula is C54H144N12. The van der Waals surface area contributed by atoms with E-state index in [0.717, 1.165) is 57.4 Å². The van der Waals surface area contributed by atoms with Crippen LogP contribution >= 0.6 is 0 Å². The summed E-state index contributed by atoms with van der Waals surface area (Å²) in [5, 5.41) is 32.8. The second-order valence-electron chi connectivity index (χ2n) is 12.8. The number of rotatable bonds is 2. The summed E-state index contributed by atoms with van der Waals surface area (Å²) in [5.74, 6) is 2.60. The van der Waals surface area contributed by atoms with Crippen LogP contribution in [0.1, 0.15) is 286 Å². The predicted octanol–water partition coefficient (Wildman–Crippen LogP) is 19.7. The van der Waals surface area contributed by atoms with Gasteiger partial charge >= 0.3 is 0 Å². The maximum Gasteiger partial charge on any atom is 0.0887 e. The first-order valence-electron chi connectivity index (χ1n) is 19.5. The van der Waals surface area contributed by atoms with Crippen LogP contribution in [-0.2, 0) is 28.2 Å². The van der Waals surface area contributed by atoms with Crippen molar-refractivity contribution in [1.82, 2.24) is 60.0 Å². The van der Waals surface area contributed by atoms with E-state index in [1.807, 2.05) is 125 Å². The maximum atomic E-state index is 4.34. The van der Waals surface area contributed by atoms with E-state index >= 15 is 0 Å². The Bertz CT molecular complexity index is 1110. The zero-order chi connectivity index (χ0) is 42.9. The van der Waals surface area contributed by atoms with Gasteiger partial charge in [0.25, 0.3) is 0 Å². The minimum Gasteiger partial charge on any atom is -0.188 e. The van der Waals surface area contributed by atoms with Gasteiger partial charge in [-0.15, -0.1) is 0 Å². The van der Waals surface area contributed by atoms with Crippen LogP contribution in [0.4, 0.5) is 0 Å². The molecule has 4 aromatic heterocycles. The molecule has 0 amide bonds. The lowest BCUT2D eigenvalue weighted by atomic mass is 10.0. The molecule has 0 spiro atoms. The number of aromatic nitrogens is 12. The highest BCUT2D eigenvalue weighted by Gasteiger charge is 2.15. The van der Waals surface area contributed by atoms with Crippen molar-refractivity contribution in [2.45, 2.75) is 282 Å². The Kier molecular flexibility index (Phi) is 162. The molecule has 420 valence electrons. The van der Waals surface area contributed by atoms with Crippen molar-refractivity contribution in [2.75, 3.05) is 0 Å². The average Bonchev–Trinajstić information content (AvgIpc) is 3.77. The normalized spacial score (nSPS) is 7.15. The monoisotopic (exact) mass is 961 g/mol. The summed E-state index contributed by atoms with van der Waals surface area (Å²) < 4.78 is 0. The molecule has 0 unspecified atom stereocenters. The van der Waals surface area contributed by atoms with Crippen molar-refractivity contribution in [3.8, 4) is 0 Å². The summed E-state index contributed by atoms with van der Waals surface area (Å²) in [6.07, 6.45) is 0. The van der Waals surface area contributed by atoms with Gasteiger partial charge in [-0.25, -0.2) is 0 Å². The Morgan fingerprint density at radius 2 is 0.333 bits per heavy atom. The molecule has 4 aromatic rings. The van der Waals surface area contributed by atoms with E-state index in [1.165, 1.54) is 0 Å². The molecule has 0 aliphatic rings. The van der Waals surface area contributed by atoms with Crippen molar-refractivity contribution < 1.29 is 0 Å². The van der Waals surface area contributed by atoms with Crippen molar-refractivity contribution >= 4 is 0 Å². The van der Waals surface area contributed by atoms with E-state index < -0.39 is 0 Å². The first-order valence-corrected chi connectivity index (χ1v) is 19.5. The molecule has 0 aliphatic carbocycles. The minimum absolute atomic E-state index is 0. The third-order valence-corrected chi connectivity index (χ3v) is 5.20. The largest absolute Gasteiger partial charge is 0.188 e. The lowest BCUT2D eigenvalue weighted by molar-refractivity contribution is 0.629. The van der Waals surface area contributed by atoms with Crippen molar-refractivity contribution in [3.63, 3.8) is 0 Å². The zero-order valence-electron chi connectivity index (χ0n) is 39.7. The Morgan fingerprint density at radius 3 is 0.394 bits per heavy atom. The number of hydrogen-bond acceptors (Lipinski definition) is 8. The van der Waals surface area contributed by atoms with Gasteiger partial charge in [0.05, 0.1) is 45.6 Å². The lowest BCUT2D eigenvalue weighted by Gasteiger charge is -2.04. The van der Waals surface area contributed by atoms with Gasteiger partial charge in [-0.2, -0.15) is 60.0 Å². The summed E-state index contributed by atoms with van der Waals surface area (Å²) in [4.78, 5) is 6.38. The van der Waals surface area contributed by atoms with Crippen LogP contribution in [0.2, 0.25) is 0 Å². The molecule has 0 aliphatic heterocycles. The first kappa shape index (κ1) is 131. The zero-order valence-corrected chi connectivity index (χ0v) is 39.7. The SMILES string of the molecule is C.C.C.C.C.C.C.C.C.C.C.C.C.C.CC.CC.CC.CC.CC(C)C.CC(C)C.CC(C)c1nn(C)nc1C(C)C.Cc1nn(C)nc1C.Cc1nn(C)nc1C.Cc1nn(C)nc1C. The lowest BCUT2D eigenvalue weighted by Crippen LogP contribution is -1.96. The third kappa shape index (κ3) is 77.8. The molecule has 0 fully saturated rings. The topological polar surface area (TPSA) is 123 Å². The molecule has 0 radical (unpaired) electrons. The van der Waals surface area contributed by atoms with E-state index in [4.69, 9.17) is 0 Å². The van der Waals surface area contributed by atoms with Gasteiger partial charge in [0.1, 0.15) is 0 Å². The van der Waals surface area contributed by atoms with Crippen LogP contribution < -0.4 is 0 Å². The second kappa shape index (κ2) is 81.7. The molecule has 0 saturated carbocycles. The van der Waals surface area contributed by atoms with Crippen molar-refractivity contribution in [2.24, 2.45) is 40.0 Å². The first-order chi connectivity index (χ1) is 24.1. The van der Waals surface area contributed by atoms with Crippen LogP contribution in [0.5, 0.6) is 0 Å². The molecule has 0 N–H and O–H groups in total. The predicted molar refractivity (Wildman–Crippen MR) is 321 cm³/mol. The second-order valence-corrected chi connectivity index (χ2v) is 12.8. The third-order valence-electron chi connectivity index (χ3n) is 5.20. The summed E-state index contributed by atoms with van der Waals surface area (Å²) >= 11 is 0. The molecule has 12 heteroatoms. The number of hydrogen-bond donors (Lipinski definition) is 0.